The fourth-order valence-corrected chi connectivity index (χ4v) is 3.22. The number of carbonyl (C=O) groups is 1. The lowest BCUT2D eigenvalue weighted by atomic mass is 9.71. The van der Waals surface area contributed by atoms with Gasteiger partial charge in [-0.3, -0.25) is 4.98 Å². The summed E-state index contributed by atoms with van der Waals surface area (Å²) in [4.78, 5) is 16.1. The molecule has 0 saturated carbocycles. The van der Waals surface area contributed by atoms with Crippen LogP contribution in [0.2, 0.25) is 0 Å². The first kappa shape index (κ1) is 16.5. The second kappa shape index (κ2) is 6.24. The van der Waals surface area contributed by atoms with Gasteiger partial charge in [0.05, 0.1) is 24.3 Å². The van der Waals surface area contributed by atoms with Gasteiger partial charge in [-0.15, -0.1) is 0 Å². The Morgan fingerprint density at radius 2 is 2.17 bits per heavy atom. The van der Waals surface area contributed by atoms with E-state index in [1.807, 2.05) is 38.2 Å². The maximum Gasteiger partial charge on any atom is 0.338 e. The summed E-state index contributed by atoms with van der Waals surface area (Å²) in [5.41, 5.74) is 2.53. The minimum absolute atomic E-state index is 0.0813. The van der Waals surface area contributed by atoms with Crippen molar-refractivity contribution in [3.63, 3.8) is 0 Å². The predicted octanol–water partition coefficient (Wildman–Crippen LogP) is 3.48. The van der Waals surface area contributed by atoms with Crippen molar-refractivity contribution in [2.75, 3.05) is 11.9 Å². The van der Waals surface area contributed by atoms with E-state index in [1.54, 1.807) is 25.3 Å². The molecule has 2 unspecified atom stereocenters. The summed E-state index contributed by atoms with van der Waals surface area (Å²) in [7, 11) is 0. The molecule has 0 amide bonds. The summed E-state index contributed by atoms with van der Waals surface area (Å²) in [5.74, 6) is -0.375. The third-order valence-corrected chi connectivity index (χ3v) is 4.62. The van der Waals surface area contributed by atoms with Gasteiger partial charge in [0, 0.05) is 29.1 Å². The van der Waals surface area contributed by atoms with Crippen LogP contribution in [0.25, 0.3) is 0 Å². The number of hydrogen-bond acceptors (Lipinski definition) is 5. The number of rotatable bonds is 3. The van der Waals surface area contributed by atoms with Crippen LogP contribution >= 0.6 is 0 Å². The lowest BCUT2D eigenvalue weighted by Gasteiger charge is -2.44. The van der Waals surface area contributed by atoms with Crippen LogP contribution in [0.3, 0.4) is 0 Å². The quantitative estimate of drug-likeness (QED) is 0.845. The lowest BCUT2D eigenvalue weighted by Crippen LogP contribution is -2.38. The second-order valence-electron chi connectivity index (χ2n) is 6.61. The fourth-order valence-electron chi connectivity index (χ4n) is 3.22. The van der Waals surface area contributed by atoms with Crippen molar-refractivity contribution in [2.24, 2.45) is 5.41 Å². The third kappa shape index (κ3) is 2.76. The Balaban J connectivity index is 2.01. The van der Waals surface area contributed by atoms with E-state index in [4.69, 9.17) is 4.74 Å². The summed E-state index contributed by atoms with van der Waals surface area (Å²) < 4.78 is 5.05. The van der Waals surface area contributed by atoms with Crippen molar-refractivity contribution < 1.29 is 14.6 Å². The van der Waals surface area contributed by atoms with E-state index in [2.05, 4.69) is 10.3 Å². The number of pyridine rings is 1. The van der Waals surface area contributed by atoms with Crippen molar-refractivity contribution in [3.8, 4) is 0 Å². The Labute approximate surface area is 141 Å². The first-order valence-electron chi connectivity index (χ1n) is 8.10. The van der Waals surface area contributed by atoms with Gasteiger partial charge in [-0.05, 0) is 36.8 Å². The number of aliphatic hydroxyl groups is 1. The molecule has 2 N–H and O–H groups in total. The lowest BCUT2D eigenvalue weighted by molar-refractivity contribution is 0.0287. The van der Waals surface area contributed by atoms with Gasteiger partial charge in [0.2, 0.25) is 0 Å². The van der Waals surface area contributed by atoms with Gasteiger partial charge in [0.1, 0.15) is 0 Å². The van der Waals surface area contributed by atoms with Gasteiger partial charge in [-0.2, -0.15) is 0 Å². The number of nitrogens with zero attached hydrogens (tertiary/aromatic N) is 1. The molecule has 5 nitrogen and oxygen atoms in total. The molecular weight excluding hydrogens is 304 g/mol. The zero-order chi connectivity index (χ0) is 17.3. The number of nitrogens with one attached hydrogen (secondary N) is 1. The van der Waals surface area contributed by atoms with Crippen LogP contribution in [0.4, 0.5) is 5.69 Å². The maximum absolute atomic E-state index is 12.0. The highest BCUT2D eigenvalue weighted by atomic mass is 16.5. The summed E-state index contributed by atoms with van der Waals surface area (Å²) in [5, 5.41) is 14.4. The molecule has 0 fully saturated rings. The summed E-state index contributed by atoms with van der Waals surface area (Å²) in [6.45, 7) is 6.10. The van der Waals surface area contributed by atoms with Gasteiger partial charge >= 0.3 is 5.97 Å². The Kier molecular flexibility index (Phi) is 4.28. The second-order valence-corrected chi connectivity index (χ2v) is 6.61. The molecule has 24 heavy (non-hydrogen) atoms. The average Bonchev–Trinajstić information content (AvgIpc) is 2.59. The number of hydrogen-bond donors (Lipinski definition) is 2. The van der Waals surface area contributed by atoms with Crippen LogP contribution in [-0.4, -0.2) is 22.7 Å². The van der Waals surface area contributed by atoms with E-state index in [9.17, 15) is 9.90 Å². The van der Waals surface area contributed by atoms with Gasteiger partial charge < -0.3 is 15.2 Å². The van der Waals surface area contributed by atoms with Crippen LogP contribution in [0.5, 0.6) is 0 Å². The number of esters is 1. The van der Waals surface area contributed by atoms with Crippen LogP contribution < -0.4 is 5.32 Å². The number of ether oxygens (including phenoxy) is 1. The molecule has 0 aliphatic carbocycles. The Bertz CT molecular complexity index is 744. The molecule has 2 heterocycles. The number of aromatic nitrogens is 1. The molecule has 0 radical (unpaired) electrons. The SMILES string of the molecule is CCOC(=O)c1ccc2c(c1)C(O)C(C)(C)C(c1cccnc1)N2. The average molecular weight is 326 g/mol. The molecule has 3 rings (SSSR count). The van der Waals surface area contributed by atoms with Gasteiger partial charge in [-0.25, -0.2) is 4.79 Å². The molecular formula is C19H22N2O3. The molecule has 2 aromatic rings. The molecule has 1 aliphatic rings. The zero-order valence-electron chi connectivity index (χ0n) is 14.1. The summed E-state index contributed by atoms with van der Waals surface area (Å²) in [6.07, 6.45) is 2.83. The van der Waals surface area contributed by atoms with E-state index in [0.29, 0.717) is 17.7 Å². The Morgan fingerprint density at radius 3 is 2.83 bits per heavy atom. The van der Waals surface area contributed by atoms with Crippen LogP contribution in [0.15, 0.2) is 42.7 Å². The van der Waals surface area contributed by atoms with E-state index in [-0.39, 0.29) is 12.0 Å². The largest absolute Gasteiger partial charge is 0.462 e. The van der Waals surface area contributed by atoms with Crippen molar-refractivity contribution in [3.05, 3.63) is 59.4 Å². The first-order valence-corrected chi connectivity index (χ1v) is 8.10. The normalized spacial score (nSPS) is 21.5. The van der Waals surface area contributed by atoms with Crippen molar-refractivity contribution in [1.82, 2.24) is 4.98 Å². The van der Waals surface area contributed by atoms with Crippen molar-refractivity contribution in [2.45, 2.75) is 32.9 Å². The minimum Gasteiger partial charge on any atom is -0.462 e. The maximum atomic E-state index is 12.0. The van der Waals surface area contributed by atoms with E-state index in [0.717, 1.165) is 11.3 Å². The van der Waals surface area contributed by atoms with E-state index >= 15 is 0 Å². The Morgan fingerprint density at radius 1 is 1.38 bits per heavy atom. The molecule has 2 atom stereocenters. The van der Waals surface area contributed by atoms with Gasteiger partial charge in [0.25, 0.3) is 0 Å². The van der Waals surface area contributed by atoms with Crippen LogP contribution in [0, 0.1) is 5.41 Å². The minimum atomic E-state index is -0.715. The highest BCUT2D eigenvalue weighted by molar-refractivity contribution is 5.90. The molecule has 1 aromatic heterocycles. The fraction of sp³-hybridized carbons (Fsp3) is 0.368. The predicted molar refractivity (Wildman–Crippen MR) is 91.7 cm³/mol. The molecule has 5 heteroatoms. The highest BCUT2D eigenvalue weighted by Gasteiger charge is 2.43. The number of anilines is 1. The number of fused-ring (bicyclic) bond motifs is 1. The molecule has 1 aromatic carbocycles. The first-order chi connectivity index (χ1) is 11.4. The number of aliphatic hydroxyl groups excluding tert-OH is 1. The number of carbonyl (C=O) groups excluding carboxylic acids is 1. The molecule has 0 bridgehead atoms. The number of benzene rings is 1. The zero-order valence-corrected chi connectivity index (χ0v) is 14.1. The smallest absolute Gasteiger partial charge is 0.338 e. The summed E-state index contributed by atoms with van der Waals surface area (Å²) in [6, 6.07) is 9.06. The third-order valence-electron chi connectivity index (χ3n) is 4.62. The topological polar surface area (TPSA) is 71.5 Å². The van der Waals surface area contributed by atoms with E-state index in [1.165, 1.54) is 0 Å². The van der Waals surface area contributed by atoms with Gasteiger partial charge in [-0.1, -0.05) is 19.9 Å². The van der Waals surface area contributed by atoms with Gasteiger partial charge in [0.15, 0.2) is 0 Å². The Hall–Kier alpha value is -2.40. The van der Waals surface area contributed by atoms with Crippen LogP contribution in [-0.2, 0) is 4.74 Å². The van der Waals surface area contributed by atoms with Crippen molar-refractivity contribution in [1.29, 1.82) is 0 Å². The molecule has 0 saturated heterocycles. The van der Waals surface area contributed by atoms with Crippen LogP contribution in [0.1, 0.15) is 54.4 Å². The van der Waals surface area contributed by atoms with Crippen molar-refractivity contribution >= 4 is 11.7 Å². The highest BCUT2D eigenvalue weighted by Crippen LogP contribution is 2.51. The monoisotopic (exact) mass is 326 g/mol. The molecule has 126 valence electrons. The van der Waals surface area contributed by atoms with E-state index < -0.39 is 11.5 Å². The summed E-state index contributed by atoms with van der Waals surface area (Å²) >= 11 is 0. The molecule has 1 aliphatic heterocycles. The standard InChI is InChI=1S/C19H22N2O3/c1-4-24-18(23)12-7-8-15-14(10-12)17(22)19(2,3)16(21-15)13-6-5-9-20-11-13/h5-11,16-17,21-22H,4H2,1-3H3. The molecule has 0 spiro atoms.